The molecule has 0 bridgehead atoms. The quantitative estimate of drug-likeness (QED) is 0.739. The van der Waals surface area contributed by atoms with Crippen LogP contribution < -0.4 is 0 Å². The van der Waals surface area contributed by atoms with Crippen molar-refractivity contribution in [2.75, 3.05) is 13.6 Å². The summed E-state index contributed by atoms with van der Waals surface area (Å²) in [5, 5.41) is 0.656. The van der Waals surface area contributed by atoms with Crippen molar-refractivity contribution < 1.29 is 4.79 Å². The van der Waals surface area contributed by atoms with Gasteiger partial charge >= 0.3 is 0 Å². The van der Waals surface area contributed by atoms with Crippen molar-refractivity contribution in [1.82, 2.24) is 4.90 Å². The Balaban J connectivity index is 1.86. The number of nitrogens with zero attached hydrogens (tertiary/aromatic N) is 1. The van der Waals surface area contributed by atoms with Crippen molar-refractivity contribution in [2.24, 2.45) is 0 Å². The number of carbonyl (C=O) groups is 1. The van der Waals surface area contributed by atoms with E-state index in [0.29, 0.717) is 11.4 Å². The molecule has 2 nitrogen and oxygen atoms in total. The molecule has 0 aliphatic carbocycles. The van der Waals surface area contributed by atoms with Gasteiger partial charge in [-0.1, -0.05) is 35.9 Å². The summed E-state index contributed by atoms with van der Waals surface area (Å²) in [6, 6.07) is 15.4. The molecule has 0 fully saturated rings. The molecule has 2 aromatic rings. The van der Waals surface area contributed by atoms with E-state index in [9.17, 15) is 4.79 Å². The fourth-order valence-corrected chi connectivity index (χ4v) is 2.36. The highest BCUT2D eigenvalue weighted by molar-refractivity contribution is 6.30. The largest absolute Gasteiger partial charge is 0.302 e. The number of benzene rings is 2. The third-order valence-corrected chi connectivity index (χ3v) is 3.84. The van der Waals surface area contributed by atoms with Gasteiger partial charge in [-0.3, -0.25) is 4.79 Å². The first kappa shape index (κ1) is 15.7. The zero-order chi connectivity index (χ0) is 15.2. The summed E-state index contributed by atoms with van der Waals surface area (Å²) in [5.41, 5.74) is 3.32. The molecule has 0 saturated carbocycles. The van der Waals surface area contributed by atoms with Crippen LogP contribution in [0.4, 0.5) is 0 Å². The Bertz CT molecular complexity index is 607. The van der Waals surface area contributed by atoms with Crippen LogP contribution in [0.15, 0.2) is 48.5 Å². The predicted octanol–water partition coefficient (Wildman–Crippen LogP) is 4.35. The van der Waals surface area contributed by atoms with Crippen molar-refractivity contribution >= 4 is 17.4 Å². The van der Waals surface area contributed by atoms with Gasteiger partial charge in [0.25, 0.3) is 0 Å². The number of carbonyl (C=O) groups excluding carboxylic acids is 1. The molecule has 0 spiro atoms. The minimum Gasteiger partial charge on any atom is -0.302 e. The number of hydrogen-bond donors (Lipinski definition) is 0. The van der Waals surface area contributed by atoms with Crippen molar-refractivity contribution in [3.8, 4) is 0 Å². The van der Waals surface area contributed by atoms with Crippen LogP contribution in [0.3, 0.4) is 0 Å². The summed E-state index contributed by atoms with van der Waals surface area (Å²) in [5.74, 6) is 0.156. The minimum atomic E-state index is 0.156. The highest BCUT2D eigenvalue weighted by Crippen LogP contribution is 2.13. The lowest BCUT2D eigenvalue weighted by atomic mass is 10.1. The summed E-state index contributed by atoms with van der Waals surface area (Å²) in [7, 11) is 2.04. The zero-order valence-electron chi connectivity index (χ0n) is 12.5. The fraction of sp³-hybridized carbons (Fsp3) is 0.278. The lowest BCUT2D eigenvalue weighted by Gasteiger charge is -2.17. The summed E-state index contributed by atoms with van der Waals surface area (Å²) in [4.78, 5) is 14.3. The molecule has 21 heavy (non-hydrogen) atoms. The van der Waals surface area contributed by atoms with Gasteiger partial charge in [0.2, 0.25) is 0 Å². The number of aryl methyl sites for hydroxylation is 1. The second-order valence-corrected chi connectivity index (χ2v) is 5.78. The Morgan fingerprint density at radius 1 is 1.10 bits per heavy atom. The first-order valence-electron chi connectivity index (χ1n) is 7.08. The smallest absolute Gasteiger partial charge is 0.164 e. The first-order valence-corrected chi connectivity index (χ1v) is 7.46. The van der Waals surface area contributed by atoms with E-state index in [1.807, 2.05) is 13.1 Å². The first-order chi connectivity index (χ1) is 10.1. The van der Waals surface area contributed by atoms with E-state index in [1.54, 1.807) is 24.3 Å². The van der Waals surface area contributed by atoms with E-state index < -0.39 is 0 Å². The topological polar surface area (TPSA) is 20.3 Å². The third kappa shape index (κ3) is 4.69. The average Bonchev–Trinajstić information content (AvgIpc) is 2.48. The maximum atomic E-state index is 12.1. The number of hydrogen-bond acceptors (Lipinski definition) is 2. The standard InChI is InChI=1S/C18H20ClNO/c1-14-5-3-4-6-16(14)13-20(2)12-11-18(21)15-7-9-17(19)10-8-15/h3-10H,11-13H2,1-2H3. The maximum absolute atomic E-state index is 12.1. The van der Waals surface area contributed by atoms with E-state index in [4.69, 9.17) is 11.6 Å². The zero-order valence-corrected chi connectivity index (χ0v) is 13.2. The molecule has 0 aromatic heterocycles. The molecular formula is C18H20ClNO. The van der Waals surface area contributed by atoms with Crippen LogP contribution in [0.25, 0.3) is 0 Å². The summed E-state index contributed by atoms with van der Waals surface area (Å²) < 4.78 is 0. The van der Waals surface area contributed by atoms with Gasteiger partial charge in [-0.2, -0.15) is 0 Å². The molecule has 0 amide bonds. The van der Waals surface area contributed by atoms with E-state index in [2.05, 4.69) is 30.0 Å². The Morgan fingerprint density at radius 3 is 2.43 bits per heavy atom. The molecule has 0 atom stereocenters. The number of Topliss-reactive ketones (excluding diaryl/α,β-unsaturated/α-hetero) is 1. The van der Waals surface area contributed by atoms with Crippen molar-refractivity contribution in [1.29, 1.82) is 0 Å². The molecule has 0 unspecified atom stereocenters. The number of rotatable bonds is 6. The lowest BCUT2D eigenvalue weighted by molar-refractivity contribution is 0.0968. The second kappa shape index (κ2) is 7.39. The molecule has 0 saturated heterocycles. The molecule has 2 aromatic carbocycles. The molecule has 3 heteroatoms. The van der Waals surface area contributed by atoms with Gasteiger partial charge in [-0.15, -0.1) is 0 Å². The van der Waals surface area contributed by atoms with Gasteiger partial charge in [0.1, 0.15) is 0 Å². The molecule has 0 aliphatic heterocycles. The van der Waals surface area contributed by atoms with Crippen LogP contribution in [0.2, 0.25) is 5.02 Å². The summed E-state index contributed by atoms with van der Waals surface area (Å²) >= 11 is 5.83. The normalized spacial score (nSPS) is 10.9. The van der Waals surface area contributed by atoms with Crippen molar-refractivity contribution in [2.45, 2.75) is 19.9 Å². The van der Waals surface area contributed by atoms with Gasteiger partial charge in [0, 0.05) is 30.1 Å². The summed E-state index contributed by atoms with van der Waals surface area (Å²) in [6.07, 6.45) is 0.518. The van der Waals surface area contributed by atoms with Crippen LogP contribution in [0, 0.1) is 6.92 Å². The molecule has 0 radical (unpaired) electrons. The number of ketones is 1. The molecule has 0 heterocycles. The van der Waals surface area contributed by atoms with Crippen molar-refractivity contribution in [3.05, 3.63) is 70.2 Å². The van der Waals surface area contributed by atoms with Crippen LogP contribution >= 0.6 is 11.6 Å². The number of halogens is 1. The SMILES string of the molecule is Cc1ccccc1CN(C)CCC(=O)c1ccc(Cl)cc1. The van der Waals surface area contributed by atoms with E-state index in [0.717, 1.165) is 18.7 Å². The molecule has 110 valence electrons. The Morgan fingerprint density at radius 2 is 1.76 bits per heavy atom. The van der Waals surface area contributed by atoms with E-state index >= 15 is 0 Å². The highest BCUT2D eigenvalue weighted by Gasteiger charge is 2.08. The lowest BCUT2D eigenvalue weighted by Crippen LogP contribution is -2.21. The third-order valence-electron chi connectivity index (χ3n) is 3.59. The van der Waals surface area contributed by atoms with Crippen LogP contribution in [-0.2, 0) is 6.54 Å². The van der Waals surface area contributed by atoms with Gasteiger partial charge in [0.05, 0.1) is 0 Å². The average molecular weight is 302 g/mol. The van der Waals surface area contributed by atoms with Gasteiger partial charge < -0.3 is 4.90 Å². The van der Waals surface area contributed by atoms with Crippen molar-refractivity contribution in [3.63, 3.8) is 0 Å². The Labute approximate surface area is 131 Å². The van der Waals surface area contributed by atoms with Gasteiger partial charge in [-0.05, 0) is 49.4 Å². The van der Waals surface area contributed by atoms with E-state index in [1.165, 1.54) is 11.1 Å². The molecule has 2 rings (SSSR count). The monoisotopic (exact) mass is 301 g/mol. The maximum Gasteiger partial charge on any atom is 0.164 e. The fourth-order valence-electron chi connectivity index (χ4n) is 2.23. The molecule has 0 N–H and O–H groups in total. The molecular weight excluding hydrogens is 282 g/mol. The van der Waals surface area contributed by atoms with Crippen LogP contribution in [0.1, 0.15) is 27.9 Å². The Hall–Kier alpha value is -1.64. The predicted molar refractivity (Wildman–Crippen MR) is 87.9 cm³/mol. The minimum absolute atomic E-state index is 0.156. The van der Waals surface area contributed by atoms with Crippen LogP contribution in [-0.4, -0.2) is 24.3 Å². The molecule has 0 aliphatic rings. The highest BCUT2D eigenvalue weighted by atomic mass is 35.5. The second-order valence-electron chi connectivity index (χ2n) is 5.34. The Kier molecular flexibility index (Phi) is 5.54. The summed E-state index contributed by atoms with van der Waals surface area (Å²) in [6.45, 7) is 3.72. The van der Waals surface area contributed by atoms with Gasteiger partial charge in [0.15, 0.2) is 5.78 Å². The van der Waals surface area contributed by atoms with E-state index in [-0.39, 0.29) is 5.78 Å². The van der Waals surface area contributed by atoms with Crippen LogP contribution in [0.5, 0.6) is 0 Å². The van der Waals surface area contributed by atoms with Gasteiger partial charge in [-0.25, -0.2) is 0 Å².